The zero-order valence-corrected chi connectivity index (χ0v) is 12.8. The Bertz CT molecular complexity index is 521. The van der Waals surface area contributed by atoms with Crippen LogP contribution in [0.25, 0.3) is 0 Å². The number of carbonyl (C=O) groups excluding carboxylic acids is 2. The molecule has 1 aliphatic carbocycles. The highest BCUT2D eigenvalue weighted by atomic mass is 32.2. The van der Waals surface area contributed by atoms with Crippen molar-refractivity contribution in [3.8, 4) is 0 Å². The summed E-state index contributed by atoms with van der Waals surface area (Å²) in [5.41, 5.74) is 0.191. The van der Waals surface area contributed by atoms with E-state index < -0.39 is 32.4 Å². The first-order chi connectivity index (χ1) is 9.20. The molecule has 0 saturated heterocycles. The van der Waals surface area contributed by atoms with E-state index in [2.05, 4.69) is 6.58 Å². The maximum Gasteiger partial charge on any atom is 0.331 e. The summed E-state index contributed by atoms with van der Waals surface area (Å²) in [6.45, 7) is 7.20. The fourth-order valence-electron chi connectivity index (χ4n) is 2.49. The molecule has 1 fully saturated rings. The third-order valence-corrected chi connectivity index (χ3v) is 5.34. The highest BCUT2D eigenvalue weighted by Gasteiger charge is 2.58. The van der Waals surface area contributed by atoms with E-state index in [0.29, 0.717) is 0 Å². The van der Waals surface area contributed by atoms with Gasteiger partial charge in [-0.2, -0.15) is 0 Å². The van der Waals surface area contributed by atoms with Crippen LogP contribution < -0.4 is 0 Å². The summed E-state index contributed by atoms with van der Waals surface area (Å²) in [4.78, 5) is 23.9. The Balaban J connectivity index is 3.18. The van der Waals surface area contributed by atoms with E-state index >= 15 is 0 Å². The zero-order chi connectivity index (χ0) is 15.6. The van der Waals surface area contributed by atoms with E-state index in [1.807, 2.05) is 0 Å². The number of esters is 2. The normalized spacial score (nSPS) is 26.4. The lowest BCUT2D eigenvalue weighted by Crippen LogP contribution is -2.46. The Morgan fingerprint density at radius 1 is 1.30 bits per heavy atom. The molecule has 1 rings (SSSR count). The maximum absolute atomic E-state index is 12.1. The van der Waals surface area contributed by atoms with Crippen LogP contribution >= 0.6 is 0 Å². The summed E-state index contributed by atoms with van der Waals surface area (Å²) in [7, 11) is -3.80. The summed E-state index contributed by atoms with van der Waals surface area (Å²) in [6.07, 6.45) is 0.912. The van der Waals surface area contributed by atoms with Gasteiger partial charge in [-0.1, -0.05) is 6.58 Å². The van der Waals surface area contributed by atoms with Gasteiger partial charge in [0.25, 0.3) is 0 Å². The lowest BCUT2D eigenvalue weighted by Gasteiger charge is -2.26. The SMILES string of the molecule is C=C1CC(C(=O)OCC)CC1(C(=O)OCC)S(C)(=O)=O. The topological polar surface area (TPSA) is 86.7 Å². The molecule has 0 aromatic heterocycles. The van der Waals surface area contributed by atoms with Gasteiger partial charge in [0.15, 0.2) is 14.6 Å². The average molecular weight is 304 g/mol. The minimum absolute atomic E-state index is 0.0630. The van der Waals surface area contributed by atoms with Gasteiger partial charge in [0.2, 0.25) is 0 Å². The second kappa shape index (κ2) is 5.95. The summed E-state index contributed by atoms with van der Waals surface area (Å²) >= 11 is 0. The van der Waals surface area contributed by atoms with Crippen molar-refractivity contribution in [2.24, 2.45) is 5.92 Å². The summed E-state index contributed by atoms with van der Waals surface area (Å²) in [6, 6.07) is 0. The smallest absolute Gasteiger partial charge is 0.331 e. The third kappa shape index (κ3) is 2.72. The van der Waals surface area contributed by atoms with Crippen LogP contribution in [-0.4, -0.2) is 44.6 Å². The Kier molecular flexibility index (Phi) is 4.96. The molecule has 2 unspecified atom stereocenters. The lowest BCUT2D eigenvalue weighted by molar-refractivity contribution is -0.148. The fraction of sp³-hybridized carbons (Fsp3) is 0.692. The van der Waals surface area contributed by atoms with E-state index in [9.17, 15) is 18.0 Å². The number of carbonyl (C=O) groups is 2. The molecule has 0 radical (unpaired) electrons. The third-order valence-electron chi connectivity index (χ3n) is 3.46. The monoisotopic (exact) mass is 304 g/mol. The zero-order valence-electron chi connectivity index (χ0n) is 12.0. The van der Waals surface area contributed by atoms with Crippen molar-refractivity contribution in [3.63, 3.8) is 0 Å². The van der Waals surface area contributed by atoms with Crippen LogP contribution in [0.3, 0.4) is 0 Å². The molecule has 0 aliphatic heterocycles. The first-order valence-electron chi connectivity index (χ1n) is 6.42. The first-order valence-corrected chi connectivity index (χ1v) is 8.31. The number of hydrogen-bond donors (Lipinski definition) is 0. The van der Waals surface area contributed by atoms with Crippen LogP contribution in [0.1, 0.15) is 26.7 Å². The average Bonchev–Trinajstić information content (AvgIpc) is 2.68. The highest BCUT2D eigenvalue weighted by Crippen LogP contribution is 2.45. The molecule has 0 bridgehead atoms. The summed E-state index contributed by atoms with van der Waals surface area (Å²) in [5.74, 6) is -2.05. The summed E-state index contributed by atoms with van der Waals surface area (Å²) in [5, 5.41) is 0. The van der Waals surface area contributed by atoms with Crippen LogP contribution in [0, 0.1) is 5.92 Å². The van der Waals surface area contributed by atoms with E-state index in [4.69, 9.17) is 9.47 Å². The molecule has 6 nitrogen and oxygen atoms in total. The Labute approximate surface area is 119 Å². The van der Waals surface area contributed by atoms with Crippen molar-refractivity contribution in [1.82, 2.24) is 0 Å². The molecular weight excluding hydrogens is 284 g/mol. The molecule has 0 aromatic rings. The summed E-state index contributed by atoms with van der Waals surface area (Å²) < 4.78 is 32.1. The van der Waals surface area contributed by atoms with Crippen molar-refractivity contribution < 1.29 is 27.5 Å². The van der Waals surface area contributed by atoms with Gasteiger partial charge in [-0.3, -0.25) is 4.79 Å². The second-order valence-electron chi connectivity index (χ2n) is 4.78. The van der Waals surface area contributed by atoms with Gasteiger partial charge in [-0.15, -0.1) is 0 Å². The molecule has 0 spiro atoms. The van der Waals surface area contributed by atoms with Crippen molar-refractivity contribution in [2.45, 2.75) is 31.4 Å². The van der Waals surface area contributed by atoms with Crippen molar-refractivity contribution >= 4 is 21.8 Å². The minimum Gasteiger partial charge on any atom is -0.466 e. The van der Waals surface area contributed by atoms with E-state index in [1.54, 1.807) is 13.8 Å². The van der Waals surface area contributed by atoms with Gasteiger partial charge in [-0.25, -0.2) is 13.2 Å². The molecule has 2 atom stereocenters. The Morgan fingerprint density at radius 3 is 2.30 bits per heavy atom. The van der Waals surface area contributed by atoms with Crippen molar-refractivity contribution in [2.75, 3.05) is 19.5 Å². The Morgan fingerprint density at radius 2 is 1.85 bits per heavy atom. The van der Waals surface area contributed by atoms with Crippen LogP contribution in [0.4, 0.5) is 0 Å². The molecular formula is C13H20O6S. The van der Waals surface area contributed by atoms with Crippen LogP contribution in [0.5, 0.6) is 0 Å². The van der Waals surface area contributed by atoms with E-state index in [1.165, 1.54) is 0 Å². The van der Waals surface area contributed by atoms with Crippen LogP contribution in [0.2, 0.25) is 0 Å². The molecule has 7 heteroatoms. The van der Waals surface area contributed by atoms with E-state index in [0.717, 1.165) is 6.26 Å². The maximum atomic E-state index is 12.1. The van der Waals surface area contributed by atoms with Gasteiger partial charge >= 0.3 is 11.9 Å². The number of hydrogen-bond acceptors (Lipinski definition) is 6. The van der Waals surface area contributed by atoms with E-state index in [-0.39, 0.29) is 31.6 Å². The molecule has 1 saturated carbocycles. The minimum atomic E-state index is -3.80. The van der Waals surface area contributed by atoms with Gasteiger partial charge in [0, 0.05) is 6.26 Å². The molecule has 0 N–H and O–H groups in total. The predicted octanol–water partition coefficient (Wildman–Crippen LogP) is 0.862. The van der Waals surface area contributed by atoms with Gasteiger partial charge in [0.05, 0.1) is 19.1 Å². The second-order valence-corrected chi connectivity index (χ2v) is 7.02. The van der Waals surface area contributed by atoms with Gasteiger partial charge < -0.3 is 9.47 Å². The van der Waals surface area contributed by atoms with Crippen LogP contribution in [-0.2, 0) is 28.9 Å². The predicted molar refractivity (Wildman–Crippen MR) is 72.7 cm³/mol. The number of rotatable bonds is 5. The molecule has 0 amide bonds. The molecule has 114 valence electrons. The molecule has 20 heavy (non-hydrogen) atoms. The number of ether oxygens (including phenoxy) is 2. The standard InChI is InChI=1S/C13H20O6S/c1-5-18-11(14)10-7-9(3)13(8-10,20(4,16)17)12(15)19-6-2/h10H,3,5-8H2,1-2,4H3. The largest absolute Gasteiger partial charge is 0.466 e. The lowest BCUT2D eigenvalue weighted by atomic mass is 10.0. The van der Waals surface area contributed by atoms with Gasteiger partial charge in [-0.05, 0) is 32.3 Å². The first kappa shape index (κ1) is 16.7. The molecule has 1 aliphatic rings. The number of sulfone groups is 1. The van der Waals surface area contributed by atoms with Crippen molar-refractivity contribution in [1.29, 1.82) is 0 Å². The molecule has 0 heterocycles. The van der Waals surface area contributed by atoms with Crippen molar-refractivity contribution in [3.05, 3.63) is 12.2 Å². The Hall–Kier alpha value is -1.37. The van der Waals surface area contributed by atoms with Gasteiger partial charge in [0.1, 0.15) is 0 Å². The molecule has 0 aromatic carbocycles. The van der Waals surface area contributed by atoms with Crippen LogP contribution in [0.15, 0.2) is 12.2 Å². The quantitative estimate of drug-likeness (QED) is 0.553. The fourth-order valence-corrected chi connectivity index (χ4v) is 3.97. The highest BCUT2D eigenvalue weighted by molar-refractivity contribution is 7.93.